The molecule has 0 aromatic heterocycles. The van der Waals surface area contributed by atoms with E-state index in [-0.39, 0.29) is 0 Å². The third-order valence-corrected chi connectivity index (χ3v) is 3.26. The molecule has 1 aliphatic rings. The number of hydrogen-bond donors (Lipinski definition) is 1. The highest BCUT2D eigenvalue weighted by Gasteiger charge is 2.18. The van der Waals surface area contributed by atoms with Crippen LogP contribution in [0.15, 0.2) is 29.8 Å². The maximum absolute atomic E-state index is 10.1. The summed E-state index contributed by atoms with van der Waals surface area (Å²) in [6, 6.07) is 5.18. The van der Waals surface area contributed by atoms with Crippen LogP contribution in [0.4, 0.5) is 0 Å². The fraction of sp³-hybridized carbons (Fsp3) is 0.333. The molecule has 1 atom stereocenters. The van der Waals surface area contributed by atoms with Crippen molar-refractivity contribution >= 4 is 23.2 Å². The summed E-state index contributed by atoms with van der Waals surface area (Å²) in [4.78, 5) is 0. The summed E-state index contributed by atoms with van der Waals surface area (Å²) in [5, 5.41) is 11.3. The third kappa shape index (κ3) is 2.36. The molecular formula is C12H12Cl2O. The smallest absolute Gasteiger partial charge is 0.102 e. The Morgan fingerprint density at radius 1 is 1.27 bits per heavy atom. The van der Waals surface area contributed by atoms with E-state index in [1.807, 2.05) is 0 Å². The van der Waals surface area contributed by atoms with Crippen LogP contribution in [0.1, 0.15) is 30.9 Å². The van der Waals surface area contributed by atoms with Crippen LogP contribution in [0.5, 0.6) is 0 Å². The van der Waals surface area contributed by atoms with Crippen molar-refractivity contribution in [1.29, 1.82) is 0 Å². The van der Waals surface area contributed by atoms with Gasteiger partial charge in [-0.15, -0.1) is 0 Å². The summed E-state index contributed by atoms with van der Waals surface area (Å²) in [6.07, 6.45) is 4.60. The predicted octanol–water partition coefficient (Wildman–Crippen LogP) is 4.14. The van der Waals surface area contributed by atoms with Crippen molar-refractivity contribution in [3.63, 3.8) is 0 Å². The first-order valence-electron chi connectivity index (χ1n) is 5.00. The lowest BCUT2D eigenvalue weighted by Gasteiger charge is -2.14. The van der Waals surface area contributed by atoms with Gasteiger partial charge in [-0.05, 0) is 43.0 Å². The van der Waals surface area contributed by atoms with Gasteiger partial charge in [-0.25, -0.2) is 0 Å². The molecule has 0 bridgehead atoms. The van der Waals surface area contributed by atoms with Crippen molar-refractivity contribution in [2.45, 2.75) is 25.4 Å². The van der Waals surface area contributed by atoms with Gasteiger partial charge in [0.25, 0.3) is 0 Å². The van der Waals surface area contributed by atoms with Crippen LogP contribution in [0.2, 0.25) is 10.0 Å². The molecule has 0 aliphatic heterocycles. The quantitative estimate of drug-likeness (QED) is 0.774. The molecule has 0 amide bonds. The van der Waals surface area contributed by atoms with E-state index < -0.39 is 6.10 Å². The standard InChI is InChI=1S/C12H12Cl2O/c13-9-5-6-11(14)10(7-9)12(15)8-3-1-2-4-8/h3,5-7,12,15H,1-2,4H2. The van der Waals surface area contributed by atoms with Gasteiger partial charge < -0.3 is 5.11 Å². The van der Waals surface area contributed by atoms with Crippen molar-refractivity contribution in [2.24, 2.45) is 0 Å². The second kappa shape index (κ2) is 4.56. The lowest BCUT2D eigenvalue weighted by atomic mass is 10.0. The highest BCUT2D eigenvalue weighted by Crippen LogP contribution is 2.35. The lowest BCUT2D eigenvalue weighted by molar-refractivity contribution is 0.213. The fourth-order valence-corrected chi connectivity index (χ4v) is 2.27. The van der Waals surface area contributed by atoms with Crippen molar-refractivity contribution < 1.29 is 5.11 Å². The zero-order chi connectivity index (χ0) is 10.8. The molecule has 0 spiro atoms. The summed E-state index contributed by atoms with van der Waals surface area (Å²) in [6.45, 7) is 0. The summed E-state index contributed by atoms with van der Waals surface area (Å²) in [5.74, 6) is 0. The van der Waals surface area contributed by atoms with Gasteiger partial charge in [0.2, 0.25) is 0 Å². The van der Waals surface area contributed by atoms with Crippen LogP contribution in [-0.4, -0.2) is 5.11 Å². The molecule has 2 rings (SSSR count). The topological polar surface area (TPSA) is 20.2 Å². The van der Waals surface area contributed by atoms with Gasteiger partial charge in [-0.3, -0.25) is 0 Å². The molecule has 80 valence electrons. The Balaban J connectivity index is 2.31. The number of aliphatic hydroxyl groups is 1. The molecule has 1 unspecified atom stereocenters. The average Bonchev–Trinajstić information content (AvgIpc) is 2.74. The predicted molar refractivity (Wildman–Crippen MR) is 63.4 cm³/mol. The van der Waals surface area contributed by atoms with Crippen molar-refractivity contribution in [2.75, 3.05) is 0 Å². The summed E-state index contributed by atoms with van der Waals surface area (Å²) >= 11 is 11.9. The SMILES string of the molecule is OC(C1=CCCC1)c1cc(Cl)ccc1Cl. The molecule has 0 saturated heterocycles. The van der Waals surface area contributed by atoms with Crippen molar-refractivity contribution in [3.8, 4) is 0 Å². The normalized spacial score (nSPS) is 17.7. The maximum atomic E-state index is 10.1. The van der Waals surface area contributed by atoms with Gasteiger partial charge in [0, 0.05) is 15.6 Å². The minimum atomic E-state index is -0.598. The van der Waals surface area contributed by atoms with Crippen molar-refractivity contribution in [1.82, 2.24) is 0 Å². The number of aliphatic hydroxyl groups excluding tert-OH is 1. The summed E-state index contributed by atoms with van der Waals surface area (Å²) in [7, 11) is 0. The Morgan fingerprint density at radius 2 is 2.07 bits per heavy atom. The van der Waals surface area contributed by atoms with Crippen LogP contribution in [0, 0.1) is 0 Å². The molecule has 1 aromatic rings. The van der Waals surface area contributed by atoms with Crippen LogP contribution >= 0.6 is 23.2 Å². The molecule has 1 N–H and O–H groups in total. The first-order valence-corrected chi connectivity index (χ1v) is 5.76. The second-order valence-electron chi connectivity index (χ2n) is 3.74. The maximum Gasteiger partial charge on any atom is 0.102 e. The van der Waals surface area contributed by atoms with E-state index in [1.165, 1.54) is 0 Å². The van der Waals surface area contributed by atoms with E-state index in [0.717, 1.165) is 24.8 Å². The third-order valence-electron chi connectivity index (χ3n) is 2.68. The molecule has 0 fully saturated rings. The Kier molecular flexibility index (Phi) is 3.35. The first-order chi connectivity index (χ1) is 7.18. The molecular weight excluding hydrogens is 231 g/mol. The molecule has 0 saturated carbocycles. The Hall–Kier alpha value is -0.500. The highest BCUT2D eigenvalue weighted by molar-refractivity contribution is 6.33. The number of benzene rings is 1. The number of hydrogen-bond acceptors (Lipinski definition) is 1. The average molecular weight is 243 g/mol. The minimum absolute atomic E-state index is 0.569. The number of halogens is 2. The molecule has 0 radical (unpaired) electrons. The highest BCUT2D eigenvalue weighted by atomic mass is 35.5. The van der Waals surface area contributed by atoms with Gasteiger partial charge in [0.1, 0.15) is 6.10 Å². The molecule has 1 aromatic carbocycles. The lowest BCUT2D eigenvalue weighted by Crippen LogP contribution is -2.00. The van der Waals surface area contributed by atoms with E-state index in [0.29, 0.717) is 15.6 Å². The summed E-state index contributed by atoms with van der Waals surface area (Å²) < 4.78 is 0. The van der Waals surface area contributed by atoms with Gasteiger partial charge in [0.15, 0.2) is 0 Å². The van der Waals surface area contributed by atoms with Gasteiger partial charge in [0.05, 0.1) is 0 Å². The van der Waals surface area contributed by atoms with E-state index in [1.54, 1.807) is 18.2 Å². The molecule has 1 nitrogen and oxygen atoms in total. The zero-order valence-electron chi connectivity index (χ0n) is 8.21. The zero-order valence-corrected chi connectivity index (χ0v) is 9.72. The van der Waals surface area contributed by atoms with E-state index in [2.05, 4.69) is 6.08 Å². The number of allylic oxidation sites excluding steroid dienone is 1. The van der Waals surface area contributed by atoms with Crippen LogP contribution in [0.3, 0.4) is 0 Å². The van der Waals surface area contributed by atoms with E-state index >= 15 is 0 Å². The Bertz CT molecular complexity index is 399. The first kappa shape index (κ1) is 11.0. The van der Waals surface area contributed by atoms with Crippen LogP contribution in [0.25, 0.3) is 0 Å². The summed E-state index contributed by atoms with van der Waals surface area (Å²) in [5.41, 5.74) is 1.76. The van der Waals surface area contributed by atoms with Gasteiger partial charge in [-0.2, -0.15) is 0 Å². The van der Waals surface area contributed by atoms with Gasteiger partial charge >= 0.3 is 0 Å². The van der Waals surface area contributed by atoms with Crippen LogP contribution < -0.4 is 0 Å². The minimum Gasteiger partial charge on any atom is -0.384 e. The van der Waals surface area contributed by atoms with Crippen LogP contribution in [-0.2, 0) is 0 Å². The fourth-order valence-electron chi connectivity index (χ4n) is 1.87. The molecule has 3 heteroatoms. The van der Waals surface area contributed by atoms with Crippen molar-refractivity contribution in [3.05, 3.63) is 45.5 Å². The largest absolute Gasteiger partial charge is 0.384 e. The Labute approximate surface area is 99.3 Å². The monoisotopic (exact) mass is 242 g/mol. The molecule has 0 heterocycles. The van der Waals surface area contributed by atoms with E-state index in [4.69, 9.17) is 23.2 Å². The second-order valence-corrected chi connectivity index (χ2v) is 4.58. The number of rotatable bonds is 2. The molecule has 15 heavy (non-hydrogen) atoms. The Morgan fingerprint density at radius 3 is 2.73 bits per heavy atom. The van der Waals surface area contributed by atoms with E-state index in [9.17, 15) is 5.11 Å². The van der Waals surface area contributed by atoms with Gasteiger partial charge in [-0.1, -0.05) is 29.3 Å². The molecule has 1 aliphatic carbocycles.